The molecule has 0 bridgehead atoms. The summed E-state index contributed by atoms with van der Waals surface area (Å²) < 4.78 is 11.3. The van der Waals surface area contributed by atoms with Crippen LogP contribution in [0.4, 0.5) is 5.69 Å². The molecule has 0 spiro atoms. The lowest BCUT2D eigenvalue weighted by Gasteiger charge is -2.52. The van der Waals surface area contributed by atoms with Gasteiger partial charge in [-0.1, -0.05) is 50.2 Å². The van der Waals surface area contributed by atoms with Crippen LogP contribution in [0.3, 0.4) is 0 Å². The van der Waals surface area contributed by atoms with E-state index in [1.165, 1.54) is 5.56 Å². The van der Waals surface area contributed by atoms with Crippen LogP contribution >= 0.6 is 0 Å². The van der Waals surface area contributed by atoms with Gasteiger partial charge >= 0.3 is 5.97 Å². The van der Waals surface area contributed by atoms with Crippen LogP contribution in [0.1, 0.15) is 48.3 Å². The first kappa shape index (κ1) is 21.5. The number of nitrogens with zero attached hydrogens (tertiary/aromatic N) is 1. The lowest BCUT2D eigenvalue weighted by molar-refractivity contribution is 0.0442. The molecule has 0 aliphatic carbocycles. The second-order valence-corrected chi connectivity index (χ2v) is 9.16. The zero-order chi connectivity index (χ0) is 23.2. The molecule has 2 aliphatic rings. The van der Waals surface area contributed by atoms with Gasteiger partial charge < -0.3 is 9.47 Å². The number of carbonyl (C=O) groups excluding carboxylic acids is 1. The summed E-state index contributed by atoms with van der Waals surface area (Å²) in [6, 6.07) is 22.4. The molecule has 33 heavy (non-hydrogen) atoms. The molecule has 0 N–H and O–H groups in total. The van der Waals surface area contributed by atoms with E-state index < -0.39 is 0 Å². The van der Waals surface area contributed by atoms with E-state index in [1.807, 2.05) is 48.4 Å². The highest BCUT2D eigenvalue weighted by Gasteiger charge is 2.50. The lowest BCUT2D eigenvalue weighted by Crippen LogP contribution is -2.51. The van der Waals surface area contributed by atoms with Crippen LogP contribution in [0.15, 0.2) is 66.7 Å². The summed E-state index contributed by atoms with van der Waals surface area (Å²) >= 11 is 0. The van der Waals surface area contributed by atoms with E-state index in [2.05, 4.69) is 44.2 Å². The molecule has 3 aromatic carbocycles. The van der Waals surface area contributed by atoms with Crippen molar-refractivity contribution in [3.05, 3.63) is 83.4 Å². The first-order valence-electron chi connectivity index (χ1n) is 11.4. The quantitative estimate of drug-likeness (QED) is 0.467. The number of fused-ring (bicyclic) bond motifs is 4. The molecular formula is C28H29NO4. The Labute approximate surface area is 194 Å². The summed E-state index contributed by atoms with van der Waals surface area (Å²) in [6.07, 6.45) is 0. The van der Waals surface area contributed by atoms with Crippen molar-refractivity contribution in [1.29, 1.82) is 0 Å². The van der Waals surface area contributed by atoms with Crippen molar-refractivity contribution in [2.24, 2.45) is 5.92 Å². The van der Waals surface area contributed by atoms with Gasteiger partial charge in [-0.2, -0.15) is 0 Å². The maximum absolute atomic E-state index is 12.0. The first-order chi connectivity index (χ1) is 16.0. The lowest BCUT2D eigenvalue weighted by atomic mass is 9.65. The van der Waals surface area contributed by atoms with Gasteiger partial charge in [0, 0.05) is 16.9 Å². The molecule has 0 saturated carbocycles. The normalized spacial score (nSPS) is 20.2. The van der Waals surface area contributed by atoms with Crippen molar-refractivity contribution in [2.75, 3.05) is 25.4 Å². The number of hydrogen-bond acceptors (Lipinski definition) is 5. The molecule has 5 nitrogen and oxygen atoms in total. The van der Waals surface area contributed by atoms with Gasteiger partial charge in [0.15, 0.2) is 0 Å². The molecule has 2 heterocycles. The summed E-state index contributed by atoms with van der Waals surface area (Å²) in [5.74, 6) is 0.856. The molecule has 5 rings (SSSR count). The number of carbonyl (C=O) groups is 1. The Hall–Kier alpha value is -3.31. The maximum Gasteiger partial charge on any atom is 0.338 e. The van der Waals surface area contributed by atoms with Crippen molar-refractivity contribution < 1.29 is 19.1 Å². The Kier molecular flexibility index (Phi) is 5.37. The van der Waals surface area contributed by atoms with Gasteiger partial charge in [0.05, 0.1) is 37.6 Å². The summed E-state index contributed by atoms with van der Waals surface area (Å²) in [7, 11) is 1.74. The Bertz CT molecular complexity index is 1180. The van der Waals surface area contributed by atoms with E-state index in [1.54, 1.807) is 7.11 Å². The van der Waals surface area contributed by atoms with Gasteiger partial charge in [0.25, 0.3) is 0 Å². The largest absolute Gasteiger partial charge is 0.493 e. The fraction of sp³-hybridized carbons (Fsp3) is 0.321. The first-order valence-corrected chi connectivity index (χ1v) is 11.4. The van der Waals surface area contributed by atoms with Gasteiger partial charge in [0.1, 0.15) is 5.75 Å². The average Bonchev–Trinajstić information content (AvgIpc) is 2.84. The van der Waals surface area contributed by atoms with Crippen LogP contribution in [-0.4, -0.2) is 26.3 Å². The van der Waals surface area contributed by atoms with Crippen LogP contribution in [0, 0.1) is 5.92 Å². The van der Waals surface area contributed by atoms with Gasteiger partial charge in [-0.3, -0.25) is 4.84 Å². The fourth-order valence-corrected chi connectivity index (χ4v) is 5.24. The minimum Gasteiger partial charge on any atom is -0.493 e. The van der Waals surface area contributed by atoms with Crippen molar-refractivity contribution >= 4 is 11.7 Å². The maximum atomic E-state index is 12.0. The minimum atomic E-state index is -0.296. The van der Waals surface area contributed by atoms with Gasteiger partial charge in [-0.15, -0.1) is 0 Å². The highest BCUT2D eigenvalue weighted by molar-refractivity contribution is 5.90. The topological polar surface area (TPSA) is 48.0 Å². The molecule has 3 aromatic rings. The standard InChI is InChI=1S/C28H29NO4/c1-5-32-27(30)19-12-10-18(11-13-19)20-14-15-24-22(16-20)28(2,3)23-17-33-25-9-7-6-8-21(25)26(23)29(24)31-4/h6-16,23,26H,5,17H2,1-4H3/t23-,26+/m0/s1. The monoisotopic (exact) mass is 443 g/mol. The number of para-hydroxylation sites is 1. The van der Waals surface area contributed by atoms with Crippen molar-refractivity contribution in [3.63, 3.8) is 0 Å². The van der Waals surface area contributed by atoms with Crippen LogP contribution in [0.25, 0.3) is 11.1 Å². The second-order valence-electron chi connectivity index (χ2n) is 9.16. The number of anilines is 1. The van der Waals surface area contributed by atoms with Gasteiger partial charge in [-0.05, 0) is 53.9 Å². The molecule has 0 fully saturated rings. The molecule has 5 heteroatoms. The minimum absolute atomic E-state index is 0.0807. The third kappa shape index (κ3) is 3.47. The smallest absolute Gasteiger partial charge is 0.338 e. The zero-order valence-electron chi connectivity index (χ0n) is 19.5. The Morgan fingerprint density at radius 3 is 2.52 bits per heavy atom. The summed E-state index contributed by atoms with van der Waals surface area (Å²) in [5.41, 5.74) is 6.04. The van der Waals surface area contributed by atoms with Crippen LogP contribution < -0.4 is 9.80 Å². The molecule has 0 radical (unpaired) electrons. The molecule has 2 atom stereocenters. The fourth-order valence-electron chi connectivity index (χ4n) is 5.24. The average molecular weight is 444 g/mol. The second kappa shape index (κ2) is 8.23. The Balaban J connectivity index is 1.56. The molecule has 0 aromatic heterocycles. The van der Waals surface area contributed by atoms with Crippen LogP contribution in [0.5, 0.6) is 5.75 Å². The molecule has 170 valence electrons. The van der Waals surface area contributed by atoms with E-state index in [-0.39, 0.29) is 23.3 Å². The molecule has 0 saturated heterocycles. The summed E-state index contributed by atoms with van der Waals surface area (Å²) in [4.78, 5) is 18.0. The number of benzene rings is 3. The molecule has 0 unspecified atom stereocenters. The number of hydrogen-bond donors (Lipinski definition) is 0. The van der Waals surface area contributed by atoms with E-state index >= 15 is 0 Å². The van der Waals surface area contributed by atoms with E-state index in [0.717, 1.165) is 28.1 Å². The summed E-state index contributed by atoms with van der Waals surface area (Å²) in [6.45, 7) is 7.40. The number of rotatable bonds is 4. The molecule has 0 amide bonds. The van der Waals surface area contributed by atoms with E-state index in [9.17, 15) is 4.79 Å². The van der Waals surface area contributed by atoms with E-state index in [4.69, 9.17) is 14.3 Å². The van der Waals surface area contributed by atoms with Crippen molar-refractivity contribution in [3.8, 4) is 16.9 Å². The third-order valence-corrected chi connectivity index (χ3v) is 7.07. The van der Waals surface area contributed by atoms with E-state index in [0.29, 0.717) is 18.8 Å². The predicted octanol–water partition coefficient (Wildman–Crippen LogP) is 5.94. The summed E-state index contributed by atoms with van der Waals surface area (Å²) in [5, 5.41) is 2.04. The molecule has 2 aliphatic heterocycles. The number of hydroxylamine groups is 1. The number of esters is 1. The van der Waals surface area contributed by atoms with Gasteiger partial charge in [-0.25, -0.2) is 9.86 Å². The van der Waals surface area contributed by atoms with Crippen molar-refractivity contribution in [1.82, 2.24) is 0 Å². The zero-order valence-corrected chi connectivity index (χ0v) is 19.5. The van der Waals surface area contributed by atoms with Gasteiger partial charge in [0.2, 0.25) is 0 Å². The Morgan fingerprint density at radius 1 is 1.06 bits per heavy atom. The van der Waals surface area contributed by atoms with Crippen LogP contribution in [-0.2, 0) is 15.0 Å². The highest BCUT2D eigenvalue weighted by atomic mass is 16.7. The Morgan fingerprint density at radius 2 is 1.79 bits per heavy atom. The SMILES string of the molecule is CCOC(=O)c1ccc(-c2ccc3c(c2)C(C)(C)[C@H]2COc4ccccc4[C@H]2N3OC)cc1. The highest BCUT2D eigenvalue weighted by Crippen LogP contribution is 2.55. The van der Waals surface area contributed by atoms with Crippen LogP contribution in [0.2, 0.25) is 0 Å². The molecular weight excluding hydrogens is 414 g/mol. The number of ether oxygens (including phenoxy) is 2. The third-order valence-electron chi connectivity index (χ3n) is 7.07. The van der Waals surface area contributed by atoms with Crippen molar-refractivity contribution in [2.45, 2.75) is 32.2 Å². The predicted molar refractivity (Wildman–Crippen MR) is 129 cm³/mol.